The molecule has 1 unspecified atom stereocenters. The van der Waals surface area contributed by atoms with Crippen LogP contribution in [0.2, 0.25) is 0 Å². The van der Waals surface area contributed by atoms with Gasteiger partial charge in [-0.05, 0) is 32.6 Å². The van der Waals surface area contributed by atoms with Crippen molar-refractivity contribution in [1.29, 1.82) is 0 Å². The third-order valence-electron chi connectivity index (χ3n) is 3.41. The summed E-state index contributed by atoms with van der Waals surface area (Å²) < 4.78 is 0. The number of carbonyl (C=O) groups excluding carboxylic acids is 2. The number of carboxylic acids is 2. The molecule has 1 rings (SSSR count). The van der Waals surface area contributed by atoms with Crippen LogP contribution in [0.1, 0.15) is 39.0 Å². The highest BCUT2D eigenvalue weighted by atomic mass is 16.4. The molecule has 0 saturated carbocycles. The van der Waals surface area contributed by atoms with E-state index in [1.807, 2.05) is 0 Å². The fraction of sp³-hybridized carbons (Fsp3) is 0.692. The number of hydrogen-bond acceptors (Lipinski definition) is 4. The van der Waals surface area contributed by atoms with Gasteiger partial charge in [0.05, 0.1) is 0 Å². The molecule has 2 amide bonds. The van der Waals surface area contributed by atoms with Crippen molar-refractivity contribution in [3.8, 4) is 0 Å². The van der Waals surface area contributed by atoms with Gasteiger partial charge in [0.2, 0.25) is 0 Å². The predicted molar refractivity (Wildman–Crippen MR) is 71.5 cm³/mol. The maximum absolute atomic E-state index is 12.0. The first-order chi connectivity index (χ1) is 9.82. The first-order valence-corrected chi connectivity index (χ1v) is 6.89. The molecule has 0 radical (unpaired) electrons. The van der Waals surface area contributed by atoms with Crippen molar-refractivity contribution in [2.75, 3.05) is 6.54 Å². The van der Waals surface area contributed by atoms with Crippen LogP contribution in [0.3, 0.4) is 0 Å². The van der Waals surface area contributed by atoms with Gasteiger partial charge in [0, 0.05) is 19.0 Å². The zero-order chi connectivity index (χ0) is 16.0. The molecule has 0 aromatic carbocycles. The van der Waals surface area contributed by atoms with Gasteiger partial charge in [-0.1, -0.05) is 0 Å². The first-order valence-electron chi connectivity index (χ1n) is 6.89. The van der Waals surface area contributed by atoms with E-state index in [0.29, 0.717) is 19.3 Å². The maximum Gasteiger partial charge on any atom is 0.326 e. The second-order valence-electron chi connectivity index (χ2n) is 5.16. The number of nitrogens with zero attached hydrogens (tertiary/aromatic N) is 1. The van der Waals surface area contributed by atoms with Crippen molar-refractivity contribution < 1.29 is 29.4 Å². The third-order valence-corrected chi connectivity index (χ3v) is 3.41. The molecule has 0 bridgehead atoms. The van der Waals surface area contributed by atoms with Crippen molar-refractivity contribution in [2.24, 2.45) is 0 Å². The van der Waals surface area contributed by atoms with E-state index < -0.39 is 35.8 Å². The lowest BCUT2D eigenvalue weighted by molar-refractivity contribution is -0.156. The highest BCUT2D eigenvalue weighted by molar-refractivity contribution is 6.35. The van der Waals surface area contributed by atoms with Crippen LogP contribution >= 0.6 is 0 Å². The average molecular weight is 300 g/mol. The van der Waals surface area contributed by atoms with E-state index in [9.17, 15) is 19.2 Å². The lowest BCUT2D eigenvalue weighted by Gasteiger charge is -2.32. The second kappa shape index (κ2) is 7.61. The Kier molecular flexibility index (Phi) is 6.13. The molecule has 0 aliphatic carbocycles. The van der Waals surface area contributed by atoms with Crippen LogP contribution in [0.5, 0.6) is 0 Å². The largest absolute Gasteiger partial charge is 0.481 e. The van der Waals surface area contributed by atoms with Gasteiger partial charge in [-0.2, -0.15) is 0 Å². The van der Waals surface area contributed by atoms with Crippen LogP contribution in [0.15, 0.2) is 0 Å². The molecule has 1 aliphatic rings. The molecule has 2 atom stereocenters. The summed E-state index contributed by atoms with van der Waals surface area (Å²) in [5, 5.41) is 20.0. The Morgan fingerprint density at radius 3 is 2.48 bits per heavy atom. The van der Waals surface area contributed by atoms with E-state index in [1.165, 1.54) is 0 Å². The minimum absolute atomic E-state index is 0.114. The number of nitrogens with one attached hydrogen (secondary N) is 1. The number of carbonyl (C=O) groups is 4. The van der Waals surface area contributed by atoms with Crippen LogP contribution in [0.4, 0.5) is 0 Å². The number of piperidine rings is 1. The van der Waals surface area contributed by atoms with Gasteiger partial charge in [-0.15, -0.1) is 0 Å². The summed E-state index contributed by atoms with van der Waals surface area (Å²) in [7, 11) is 0. The minimum atomic E-state index is -1.12. The smallest absolute Gasteiger partial charge is 0.326 e. The molecule has 3 N–H and O–H groups in total. The number of likely N-dealkylation sites (tertiary alicyclic amines) is 1. The predicted octanol–water partition coefficient (Wildman–Crippen LogP) is -0.178. The van der Waals surface area contributed by atoms with Crippen LogP contribution in [0, 0.1) is 0 Å². The van der Waals surface area contributed by atoms with Gasteiger partial charge in [-0.25, -0.2) is 4.79 Å². The second-order valence-corrected chi connectivity index (χ2v) is 5.16. The normalized spacial score (nSPS) is 19.7. The SMILES string of the molecule is CC(CCC(=O)O)NC(=O)C(=O)N1CCCC[C@@H]1C(=O)O. The highest BCUT2D eigenvalue weighted by Gasteiger charge is 2.35. The molecule has 21 heavy (non-hydrogen) atoms. The van der Waals surface area contributed by atoms with E-state index in [4.69, 9.17) is 10.2 Å². The highest BCUT2D eigenvalue weighted by Crippen LogP contribution is 2.17. The van der Waals surface area contributed by atoms with E-state index in [2.05, 4.69) is 5.32 Å². The topological polar surface area (TPSA) is 124 Å². The molecule has 8 nitrogen and oxygen atoms in total. The summed E-state index contributed by atoms with van der Waals surface area (Å²) in [6.45, 7) is 1.84. The van der Waals surface area contributed by atoms with Crippen molar-refractivity contribution in [3.05, 3.63) is 0 Å². The summed E-state index contributed by atoms with van der Waals surface area (Å²) in [5.74, 6) is -3.86. The Labute approximate surface area is 122 Å². The summed E-state index contributed by atoms with van der Waals surface area (Å²) in [4.78, 5) is 46.5. The van der Waals surface area contributed by atoms with Gasteiger partial charge >= 0.3 is 23.8 Å². The first kappa shape index (κ1) is 16.9. The quantitative estimate of drug-likeness (QED) is 0.605. The fourth-order valence-corrected chi connectivity index (χ4v) is 2.26. The summed E-state index contributed by atoms with van der Waals surface area (Å²) in [6, 6.07) is -1.43. The molecule has 1 heterocycles. The van der Waals surface area contributed by atoms with Gasteiger partial charge in [0.15, 0.2) is 0 Å². The molecule has 0 aromatic rings. The number of amides is 2. The van der Waals surface area contributed by atoms with Crippen LogP contribution in [-0.4, -0.2) is 57.5 Å². The van der Waals surface area contributed by atoms with Crippen molar-refractivity contribution in [1.82, 2.24) is 10.2 Å². The molecule has 118 valence electrons. The molecule has 0 aromatic heterocycles. The lowest BCUT2D eigenvalue weighted by atomic mass is 10.0. The number of hydrogen-bond donors (Lipinski definition) is 3. The third kappa shape index (κ3) is 5.05. The van der Waals surface area contributed by atoms with E-state index in [1.54, 1.807) is 6.92 Å². The van der Waals surface area contributed by atoms with E-state index in [0.717, 1.165) is 4.90 Å². The Bertz CT molecular complexity index is 436. The van der Waals surface area contributed by atoms with Crippen molar-refractivity contribution >= 4 is 23.8 Å². The Balaban J connectivity index is 2.58. The van der Waals surface area contributed by atoms with Crippen molar-refractivity contribution in [2.45, 2.75) is 51.1 Å². The minimum Gasteiger partial charge on any atom is -0.481 e. The molecule has 1 aliphatic heterocycles. The van der Waals surface area contributed by atoms with Gasteiger partial charge < -0.3 is 20.4 Å². The standard InChI is InChI=1S/C13H20N2O6/c1-8(5-6-10(16)17)14-11(18)12(19)15-7-3-2-4-9(15)13(20)21/h8-9H,2-7H2,1H3,(H,14,18)(H,16,17)(H,20,21)/t8?,9-/m1/s1. The van der Waals surface area contributed by atoms with Gasteiger partial charge in [-0.3, -0.25) is 14.4 Å². The Morgan fingerprint density at radius 1 is 1.24 bits per heavy atom. The number of aliphatic carboxylic acids is 2. The maximum atomic E-state index is 12.0. The molecular formula is C13H20N2O6. The van der Waals surface area contributed by atoms with E-state index >= 15 is 0 Å². The molecule has 0 spiro atoms. The van der Waals surface area contributed by atoms with Crippen LogP contribution in [0.25, 0.3) is 0 Å². The number of carboxylic acid groups (broad SMARTS) is 2. The van der Waals surface area contributed by atoms with Gasteiger partial charge in [0.25, 0.3) is 0 Å². The van der Waals surface area contributed by atoms with Crippen LogP contribution in [-0.2, 0) is 19.2 Å². The summed E-state index contributed by atoms with van der Waals surface area (Å²) in [5.41, 5.74) is 0. The van der Waals surface area contributed by atoms with Crippen LogP contribution < -0.4 is 5.32 Å². The summed E-state index contributed by atoms with van der Waals surface area (Å²) >= 11 is 0. The molecule has 1 saturated heterocycles. The monoisotopic (exact) mass is 300 g/mol. The zero-order valence-corrected chi connectivity index (χ0v) is 11.9. The molecular weight excluding hydrogens is 280 g/mol. The Hall–Kier alpha value is -2.12. The van der Waals surface area contributed by atoms with E-state index in [-0.39, 0.29) is 19.4 Å². The lowest BCUT2D eigenvalue weighted by Crippen LogP contribution is -2.53. The zero-order valence-electron chi connectivity index (χ0n) is 11.9. The Morgan fingerprint density at radius 2 is 1.90 bits per heavy atom. The molecule has 1 fully saturated rings. The van der Waals surface area contributed by atoms with Crippen molar-refractivity contribution in [3.63, 3.8) is 0 Å². The number of rotatable bonds is 5. The molecule has 8 heteroatoms. The average Bonchev–Trinajstić information content (AvgIpc) is 2.44. The van der Waals surface area contributed by atoms with Gasteiger partial charge in [0.1, 0.15) is 6.04 Å². The summed E-state index contributed by atoms with van der Waals surface area (Å²) in [6.07, 6.45) is 1.80. The fourth-order valence-electron chi connectivity index (χ4n) is 2.26.